The quantitative estimate of drug-likeness (QED) is 0.123. The van der Waals surface area contributed by atoms with E-state index in [-0.39, 0.29) is 70.7 Å². The fourth-order valence-corrected chi connectivity index (χ4v) is 6.44. The zero-order valence-electron chi connectivity index (χ0n) is 25.4. The van der Waals surface area contributed by atoms with Crippen molar-refractivity contribution in [2.45, 2.75) is 39.8 Å². The molecule has 1 amide bonds. The number of anilines is 2. The van der Waals surface area contributed by atoms with Crippen molar-refractivity contribution in [1.82, 2.24) is 14.5 Å². The minimum absolute atomic E-state index is 0.127. The van der Waals surface area contributed by atoms with Gasteiger partial charge in [-0.05, 0) is 25.0 Å². The zero-order chi connectivity index (χ0) is 33.8. The molecule has 3 aromatic rings. The van der Waals surface area contributed by atoms with E-state index in [1.54, 1.807) is 29.0 Å². The second kappa shape index (κ2) is 12.2. The molecule has 5 rings (SSSR count). The van der Waals surface area contributed by atoms with Gasteiger partial charge in [-0.3, -0.25) is 19.1 Å². The number of benzene rings is 1. The maximum atomic E-state index is 15.3. The van der Waals surface area contributed by atoms with Gasteiger partial charge in [0.1, 0.15) is 23.0 Å². The largest absolute Gasteiger partial charge is 0.394 e. The fourth-order valence-electron chi connectivity index (χ4n) is 6.19. The third-order valence-corrected chi connectivity index (χ3v) is 8.73. The molecule has 0 saturated carbocycles. The standard InChI is InChI=1S/C32H30ClF4N7O2/c1-6-20(45)43-10-9-42(13-16(43)5)30-17-11-19(33)28(21-22(34)24(36)25(37)26(39)23(21)35)41-31(17)44(32(46)18(30)12-38)29-15(4)7-8-40-27(29)14(2)3/h6-8,11,14-16,29H,1,9-10,13,39H2,2-5H3/t15?,16-,29?/m1/s1. The average Bonchev–Trinajstić information content (AvgIpc) is 3.02. The summed E-state index contributed by atoms with van der Waals surface area (Å²) in [6, 6.07) is 2.17. The molecule has 0 radical (unpaired) electrons. The Labute approximate surface area is 266 Å². The third-order valence-electron chi connectivity index (χ3n) is 8.44. The van der Waals surface area contributed by atoms with Crippen LogP contribution in [-0.2, 0) is 4.79 Å². The predicted molar refractivity (Wildman–Crippen MR) is 169 cm³/mol. The number of rotatable bonds is 5. The maximum absolute atomic E-state index is 15.3. The number of piperazine rings is 1. The number of allylic oxidation sites excluding steroid dienone is 1. The monoisotopic (exact) mass is 655 g/mol. The molecule has 46 heavy (non-hydrogen) atoms. The van der Waals surface area contributed by atoms with E-state index < -0.39 is 51.8 Å². The van der Waals surface area contributed by atoms with Crippen LogP contribution in [0.4, 0.5) is 28.9 Å². The highest BCUT2D eigenvalue weighted by molar-refractivity contribution is 6.34. The number of carbonyl (C=O) groups excluding carboxylic acids is 1. The number of carbonyl (C=O) groups is 1. The molecule has 2 N–H and O–H groups in total. The van der Waals surface area contributed by atoms with Crippen LogP contribution in [0.15, 0.2) is 40.8 Å². The van der Waals surface area contributed by atoms with Crippen LogP contribution in [0.2, 0.25) is 5.02 Å². The molecule has 2 unspecified atom stereocenters. The maximum Gasteiger partial charge on any atom is 0.272 e. The second-order valence-electron chi connectivity index (χ2n) is 11.6. The van der Waals surface area contributed by atoms with Crippen LogP contribution < -0.4 is 16.2 Å². The highest BCUT2D eigenvalue weighted by Crippen LogP contribution is 2.41. The van der Waals surface area contributed by atoms with Gasteiger partial charge in [-0.25, -0.2) is 22.5 Å². The lowest BCUT2D eigenvalue weighted by molar-refractivity contribution is -0.128. The summed E-state index contributed by atoms with van der Waals surface area (Å²) in [5.74, 6) is -8.26. The molecule has 1 fully saturated rings. The number of nitrogen functional groups attached to an aromatic ring is 1. The number of hydrogen-bond acceptors (Lipinski definition) is 7. The smallest absolute Gasteiger partial charge is 0.272 e. The van der Waals surface area contributed by atoms with Crippen molar-refractivity contribution in [3.63, 3.8) is 0 Å². The fraction of sp³-hybridized carbons (Fsp3) is 0.344. The van der Waals surface area contributed by atoms with Crippen molar-refractivity contribution in [2.75, 3.05) is 30.3 Å². The Morgan fingerprint density at radius 2 is 1.87 bits per heavy atom. The molecule has 9 nitrogen and oxygen atoms in total. The molecule has 240 valence electrons. The highest BCUT2D eigenvalue weighted by atomic mass is 35.5. The summed E-state index contributed by atoms with van der Waals surface area (Å²) in [5, 5.41) is 10.2. The zero-order valence-corrected chi connectivity index (χ0v) is 26.2. The van der Waals surface area contributed by atoms with E-state index in [1.807, 2.05) is 26.8 Å². The Bertz CT molecular complexity index is 1940. The summed E-state index contributed by atoms with van der Waals surface area (Å²) in [7, 11) is 0. The molecule has 2 aliphatic heterocycles. The van der Waals surface area contributed by atoms with Crippen molar-refractivity contribution >= 4 is 45.6 Å². The molecule has 0 bridgehead atoms. The Kier molecular flexibility index (Phi) is 8.70. The first-order valence-corrected chi connectivity index (χ1v) is 14.9. The number of halogens is 5. The van der Waals surface area contributed by atoms with E-state index >= 15 is 8.78 Å². The minimum atomic E-state index is -2.02. The van der Waals surface area contributed by atoms with Crippen molar-refractivity contribution in [1.29, 1.82) is 5.26 Å². The normalized spacial score (nSPS) is 19.8. The molecule has 14 heteroatoms. The van der Waals surface area contributed by atoms with E-state index in [0.29, 0.717) is 5.71 Å². The van der Waals surface area contributed by atoms with Crippen LogP contribution in [-0.4, -0.2) is 51.7 Å². The summed E-state index contributed by atoms with van der Waals surface area (Å²) >= 11 is 6.59. The summed E-state index contributed by atoms with van der Waals surface area (Å²) in [6.45, 7) is 11.6. The van der Waals surface area contributed by atoms with Crippen molar-refractivity contribution < 1.29 is 22.4 Å². The molecule has 0 aliphatic carbocycles. The van der Waals surface area contributed by atoms with Gasteiger partial charge < -0.3 is 15.5 Å². The Balaban J connectivity index is 1.89. The minimum Gasteiger partial charge on any atom is -0.394 e. The lowest BCUT2D eigenvalue weighted by Gasteiger charge is -2.41. The van der Waals surface area contributed by atoms with Crippen LogP contribution >= 0.6 is 11.6 Å². The molecule has 1 aromatic carbocycles. The van der Waals surface area contributed by atoms with Gasteiger partial charge in [0.15, 0.2) is 23.3 Å². The number of fused-ring (bicyclic) bond motifs is 1. The molecule has 2 aromatic heterocycles. The molecule has 0 spiro atoms. The molecule has 2 aliphatic rings. The number of aromatic nitrogens is 2. The number of amides is 1. The molecule has 1 saturated heterocycles. The lowest BCUT2D eigenvalue weighted by Crippen LogP contribution is -2.54. The third kappa shape index (κ3) is 5.10. The second-order valence-corrected chi connectivity index (χ2v) is 12.0. The van der Waals surface area contributed by atoms with Gasteiger partial charge in [0.25, 0.3) is 5.56 Å². The summed E-state index contributed by atoms with van der Waals surface area (Å²) in [5.41, 5.74) is 2.02. The van der Waals surface area contributed by atoms with E-state index in [1.165, 1.54) is 16.7 Å². The average molecular weight is 656 g/mol. The highest BCUT2D eigenvalue weighted by Gasteiger charge is 2.36. The van der Waals surface area contributed by atoms with Gasteiger partial charge in [0, 0.05) is 48.9 Å². The first kappa shape index (κ1) is 32.7. The molecular formula is C32H30ClF4N7O2. The Morgan fingerprint density at radius 3 is 2.48 bits per heavy atom. The summed E-state index contributed by atoms with van der Waals surface area (Å²) in [4.78, 5) is 39.1. The molecule has 3 atom stereocenters. The van der Waals surface area contributed by atoms with Crippen molar-refractivity contribution in [2.24, 2.45) is 16.8 Å². The molecule has 4 heterocycles. The van der Waals surface area contributed by atoms with Crippen LogP contribution in [0.1, 0.15) is 39.3 Å². The summed E-state index contributed by atoms with van der Waals surface area (Å²) < 4.78 is 60.4. The Morgan fingerprint density at radius 1 is 1.17 bits per heavy atom. The van der Waals surface area contributed by atoms with Gasteiger partial charge in [-0.2, -0.15) is 5.26 Å². The summed E-state index contributed by atoms with van der Waals surface area (Å²) in [6.07, 6.45) is 4.57. The van der Waals surface area contributed by atoms with Gasteiger partial charge in [0.05, 0.1) is 28.0 Å². The number of nitriles is 1. The van der Waals surface area contributed by atoms with Gasteiger partial charge >= 0.3 is 0 Å². The lowest BCUT2D eigenvalue weighted by atomic mass is 9.88. The van der Waals surface area contributed by atoms with Crippen molar-refractivity contribution in [3.8, 4) is 17.3 Å². The molecular weight excluding hydrogens is 626 g/mol. The number of pyridine rings is 2. The predicted octanol–water partition coefficient (Wildman–Crippen LogP) is 5.75. The SMILES string of the molecule is C=CC(=O)N1CCN(c2c(C#N)c(=O)n(C3C(C(C)C)=NC=CC3C)c3nc(-c4c(F)c(N)c(F)c(F)c4F)c(Cl)cc23)C[C@H]1C. The topological polar surface area (TPSA) is 121 Å². The number of nitrogens with zero attached hydrogens (tertiary/aromatic N) is 6. The van der Waals surface area contributed by atoms with Crippen molar-refractivity contribution in [3.05, 3.63) is 75.2 Å². The van der Waals surface area contributed by atoms with Crippen LogP contribution in [0.3, 0.4) is 0 Å². The Hall–Kier alpha value is -4.70. The number of aliphatic imine (C=N–C) groups is 1. The first-order valence-electron chi connectivity index (χ1n) is 14.5. The van der Waals surface area contributed by atoms with E-state index in [4.69, 9.17) is 17.3 Å². The van der Waals surface area contributed by atoms with Crippen LogP contribution in [0.5, 0.6) is 0 Å². The van der Waals surface area contributed by atoms with E-state index in [0.717, 1.165) is 0 Å². The van der Waals surface area contributed by atoms with E-state index in [9.17, 15) is 23.6 Å². The number of hydrogen-bond donors (Lipinski definition) is 1. The van der Waals surface area contributed by atoms with E-state index in [2.05, 4.69) is 16.6 Å². The number of nitrogens with two attached hydrogens (primary N) is 1. The van der Waals surface area contributed by atoms with Crippen LogP contribution in [0.25, 0.3) is 22.3 Å². The van der Waals surface area contributed by atoms with Gasteiger partial charge in [-0.15, -0.1) is 0 Å². The first-order chi connectivity index (χ1) is 21.7. The van der Waals surface area contributed by atoms with Crippen LogP contribution in [0, 0.1) is 46.4 Å². The van der Waals surface area contributed by atoms with Gasteiger partial charge in [-0.1, -0.05) is 45.0 Å². The van der Waals surface area contributed by atoms with Gasteiger partial charge in [0.2, 0.25) is 5.91 Å².